The van der Waals surface area contributed by atoms with Crippen molar-refractivity contribution in [2.75, 3.05) is 12.3 Å². The molecule has 0 aliphatic heterocycles. The molecule has 0 unspecified atom stereocenters. The Morgan fingerprint density at radius 1 is 0.683 bits per heavy atom. The third-order valence-electron chi connectivity index (χ3n) is 7.05. The van der Waals surface area contributed by atoms with Crippen molar-refractivity contribution in [1.82, 2.24) is 14.9 Å². The molecule has 1 heterocycles. The van der Waals surface area contributed by atoms with E-state index < -0.39 is 0 Å². The molecule has 0 bridgehead atoms. The lowest BCUT2D eigenvalue weighted by atomic mass is 10.0. The second-order valence-corrected chi connectivity index (χ2v) is 10.9. The monoisotopic (exact) mass is 553 g/mol. The molecule has 6 aromatic rings. The van der Waals surface area contributed by atoms with Gasteiger partial charge in [-0.15, -0.1) is 0 Å². The van der Waals surface area contributed by atoms with E-state index in [1.165, 1.54) is 0 Å². The number of thioether (sulfide) groups is 1. The van der Waals surface area contributed by atoms with Gasteiger partial charge in [-0.05, 0) is 47.9 Å². The summed E-state index contributed by atoms with van der Waals surface area (Å²) in [5.41, 5.74) is 6.08. The molecule has 5 heteroatoms. The van der Waals surface area contributed by atoms with Gasteiger partial charge in [-0.3, -0.25) is 9.36 Å². The van der Waals surface area contributed by atoms with Crippen molar-refractivity contribution < 1.29 is 4.79 Å². The van der Waals surface area contributed by atoms with Crippen LogP contribution in [0.3, 0.4) is 0 Å². The first-order valence-corrected chi connectivity index (χ1v) is 15.0. The van der Waals surface area contributed by atoms with Crippen LogP contribution in [0.5, 0.6) is 0 Å². The zero-order valence-corrected chi connectivity index (χ0v) is 23.6. The van der Waals surface area contributed by atoms with Crippen molar-refractivity contribution in [3.63, 3.8) is 0 Å². The van der Waals surface area contributed by atoms with Gasteiger partial charge in [-0.2, -0.15) is 0 Å². The molecule has 1 amide bonds. The zero-order valence-electron chi connectivity index (χ0n) is 22.7. The van der Waals surface area contributed by atoms with Gasteiger partial charge < -0.3 is 5.32 Å². The third kappa shape index (κ3) is 6.11. The quantitative estimate of drug-likeness (QED) is 0.136. The molecule has 4 nitrogen and oxygen atoms in total. The third-order valence-corrected chi connectivity index (χ3v) is 8.08. The fourth-order valence-electron chi connectivity index (χ4n) is 5.00. The maximum Gasteiger partial charge on any atom is 0.251 e. The van der Waals surface area contributed by atoms with Crippen LogP contribution >= 0.6 is 11.8 Å². The minimum Gasteiger partial charge on any atom is -0.352 e. The number of unbranched alkanes of at least 4 members (excludes halogenated alkanes) is 1. The highest BCUT2D eigenvalue weighted by atomic mass is 32.2. The van der Waals surface area contributed by atoms with Crippen molar-refractivity contribution in [3.05, 3.63) is 139 Å². The molecule has 41 heavy (non-hydrogen) atoms. The molecule has 1 aromatic heterocycles. The van der Waals surface area contributed by atoms with Gasteiger partial charge in [-0.1, -0.05) is 121 Å². The predicted molar refractivity (Wildman–Crippen MR) is 171 cm³/mol. The molecule has 6 rings (SSSR count). The molecule has 0 atom stereocenters. The summed E-state index contributed by atoms with van der Waals surface area (Å²) in [6.07, 6.45) is 1.86. The summed E-state index contributed by atoms with van der Waals surface area (Å²) in [6.45, 7) is 0.643. The lowest BCUT2D eigenvalue weighted by Crippen LogP contribution is -2.24. The van der Waals surface area contributed by atoms with E-state index in [1.807, 2.05) is 54.6 Å². The summed E-state index contributed by atoms with van der Waals surface area (Å²) in [5, 5.41) is 6.27. The van der Waals surface area contributed by atoms with Gasteiger partial charge >= 0.3 is 0 Å². The minimum atomic E-state index is -0.0250. The Kier molecular flexibility index (Phi) is 8.25. The number of nitrogens with one attached hydrogen (secondary N) is 1. The second-order valence-electron chi connectivity index (χ2n) is 9.87. The molecular weight excluding hydrogens is 522 g/mol. The van der Waals surface area contributed by atoms with Gasteiger partial charge in [0.05, 0.1) is 11.4 Å². The molecule has 0 saturated carbocycles. The SMILES string of the molecule is O=C(NCCCCSc1nc(-c2ccccc2)c(-c2ccccc2)n1-c1ccccc1)c1ccc2ccccc2c1. The highest BCUT2D eigenvalue weighted by Gasteiger charge is 2.21. The number of aromatic nitrogens is 2. The van der Waals surface area contributed by atoms with Gasteiger partial charge in [0.2, 0.25) is 0 Å². The average molecular weight is 554 g/mol. The van der Waals surface area contributed by atoms with Crippen molar-refractivity contribution in [3.8, 4) is 28.2 Å². The standard InChI is InChI=1S/C36H31N3OS/c40-35(31-23-22-27-14-10-11-19-30(27)26-31)37-24-12-13-25-41-36-38-33(28-15-4-1-5-16-28)34(29-17-6-2-7-18-29)39(36)32-20-8-3-9-21-32/h1-11,14-23,26H,12-13,24-25H2,(H,37,40). The summed E-state index contributed by atoms with van der Waals surface area (Å²) in [7, 11) is 0. The van der Waals surface area contributed by atoms with E-state index in [-0.39, 0.29) is 5.91 Å². The number of nitrogens with zero attached hydrogens (tertiary/aromatic N) is 2. The normalized spacial score (nSPS) is 11.0. The van der Waals surface area contributed by atoms with E-state index in [9.17, 15) is 4.79 Å². The van der Waals surface area contributed by atoms with Crippen LogP contribution in [0.4, 0.5) is 0 Å². The number of hydrogen-bond acceptors (Lipinski definition) is 3. The topological polar surface area (TPSA) is 46.9 Å². The maximum atomic E-state index is 12.7. The molecule has 0 radical (unpaired) electrons. The van der Waals surface area contributed by atoms with Gasteiger partial charge in [0, 0.05) is 34.7 Å². The number of amides is 1. The first-order valence-electron chi connectivity index (χ1n) is 14.0. The predicted octanol–water partition coefficient (Wildman–Crippen LogP) is 8.66. The van der Waals surface area contributed by atoms with Crippen LogP contribution in [0.25, 0.3) is 39.0 Å². The Balaban J connectivity index is 1.17. The molecule has 0 aliphatic carbocycles. The van der Waals surface area contributed by atoms with E-state index in [0.29, 0.717) is 12.1 Å². The van der Waals surface area contributed by atoms with E-state index in [4.69, 9.17) is 4.98 Å². The number of rotatable bonds is 10. The highest BCUT2D eigenvalue weighted by molar-refractivity contribution is 7.99. The van der Waals surface area contributed by atoms with Crippen LogP contribution in [-0.4, -0.2) is 27.8 Å². The molecule has 0 spiro atoms. The van der Waals surface area contributed by atoms with Crippen LogP contribution in [-0.2, 0) is 0 Å². The van der Waals surface area contributed by atoms with Crippen molar-refractivity contribution in [1.29, 1.82) is 0 Å². The number of carbonyl (C=O) groups is 1. The van der Waals surface area contributed by atoms with Gasteiger partial charge in [-0.25, -0.2) is 4.98 Å². The molecule has 0 saturated heterocycles. The maximum absolute atomic E-state index is 12.7. The van der Waals surface area contributed by atoms with E-state index in [2.05, 4.69) is 88.7 Å². The van der Waals surface area contributed by atoms with Crippen LogP contribution < -0.4 is 5.32 Å². The summed E-state index contributed by atoms with van der Waals surface area (Å²) in [4.78, 5) is 17.9. The van der Waals surface area contributed by atoms with Crippen molar-refractivity contribution in [2.45, 2.75) is 18.0 Å². The largest absolute Gasteiger partial charge is 0.352 e. The summed E-state index contributed by atoms with van der Waals surface area (Å²) in [6, 6.07) is 45.3. The molecule has 1 N–H and O–H groups in total. The number of fused-ring (bicyclic) bond motifs is 1. The smallest absolute Gasteiger partial charge is 0.251 e. The van der Waals surface area contributed by atoms with Crippen LogP contribution in [0.15, 0.2) is 139 Å². The molecular formula is C36H31N3OS. The summed E-state index contributed by atoms with van der Waals surface area (Å²) < 4.78 is 2.28. The van der Waals surface area contributed by atoms with E-state index in [1.54, 1.807) is 11.8 Å². The van der Waals surface area contributed by atoms with Gasteiger partial charge in [0.15, 0.2) is 5.16 Å². The first kappa shape index (κ1) is 26.6. The Morgan fingerprint density at radius 3 is 2.05 bits per heavy atom. The molecule has 5 aromatic carbocycles. The molecule has 0 aliphatic rings. The van der Waals surface area contributed by atoms with Crippen LogP contribution in [0.1, 0.15) is 23.2 Å². The van der Waals surface area contributed by atoms with Crippen molar-refractivity contribution in [2.24, 2.45) is 0 Å². The van der Waals surface area contributed by atoms with Crippen LogP contribution in [0.2, 0.25) is 0 Å². The molecule has 202 valence electrons. The van der Waals surface area contributed by atoms with E-state index >= 15 is 0 Å². The highest BCUT2D eigenvalue weighted by Crippen LogP contribution is 2.38. The van der Waals surface area contributed by atoms with Crippen LogP contribution in [0, 0.1) is 0 Å². The Bertz CT molecular complexity index is 1750. The van der Waals surface area contributed by atoms with Crippen molar-refractivity contribution >= 4 is 28.4 Å². The molecule has 0 fully saturated rings. The summed E-state index contributed by atoms with van der Waals surface area (Å²) >= 11 is 1.76. The lowest BCUT2D eigenvalue weighted by molar-refractivity contribution is 0.0953. The average Bonchev–Trinajstić information content (AvgIpc) is 3.43. The summed E-state index contributed by atoms with van der Waals surface area (Å²) in [5.74, 6) is 0.876. The second kappa shape index (κ2) is 12.7. The van der Waals surface area contributed by atoms with E-state index in [0.717, 1.165) is 62.7 Å². The number of hydrogen-bond donors (Lipinski definition) is 1. The number of imidazole rings is 1. The number of carbonyl (C=O) groups excluding carboxylic acids is 1. The van der Waals surface area contributed by atoms with Gasteiger partial charge in [0.1, 0.15) is 0 Å². The van der Waals surface area contributed by atoms with Gasteiger partial charge in [0.25, 0.3) is 5.91 Å². The zero-order chi connectivity index (χ0) is 27.9. The Morgan fingerprint density at radius 2 is 1.32 bits per heavy atom. The minimum absolute atomic E-state index is 0.0250. The fourth-order valence-corrected chi connectivity index (χ4v) is 6.01. The fraction of sp³-hybridized carbons (Fsp3) is 0.111. The number of para-hydroxylation sites is 1. The first-order chi connectivity index (χ1) is 20.3. The Labute approximate surface area is 245 Å². The Hall–Kier alpha value is -4.61. The lowest BCUT2D eigenvalue weighted by Gasteiger charge is -2.13. The number of benzene rings is 5.